The van der Waals surface area contributed by atoms with Gasteiger partial charge in [-0.25, -0.2) is 16.8 Å². The standard InChI is InChI=1S/C16H21N3O5S2/c1-11-16(12(2)19(17-11)14-7-8-25(20,21)10-14)26(22,23)18-13-5-4-6-15(9-13)24-3/h4-6,9,14,18H,7-8,10H2,1-3H3/t14-/m1/s1. The van der Waals surface area contributed by atoms with E-state index >= 15 is 0 Å². The molecule has 0 bridgehead atoms. The number of sulfone groups is 1. The van der Waals surface area contributed by atoms with Gasteiger partial charge < -0.3 is 4.74 Å². The molecule has 1 N–H and O–H groups in total. The lowest BCUT2D eigenvalue weighted by Gasteiger charge is -2.12. The second-order valence-electron chi connectivity index (χ2n) is 6.34. The quantitative estimate of drug-likeness (QED) is 0.819. The van der Waals surface area contributed by atoms with Crippen LogP contribution in [0.5, 0.6) is 5.75 Å². The van der Waals surface area contributed by atoms with Crippen molar-refractivity contribution in [2.75, 3.05) is 23.3 Å². The molecule has 1 saturated heterocycles. The Balaban J connectivity index is 1.95. The Hall–Kier alpha value is -2.07. The van der Waals surface area contributed by atoms with E-state index < -0.39 is 19.9 Å². The molecule has 1 aliphatic heterocycles. The van der Waals surface area contributed by atoms with Gasteiger partial charge in [0, 0.05) is 6.07 Å². The zero-order chi connectivity index (χ0) is 19.1. The highest BCUT2D eigenvalue weighted by atomic mass is 32.2. The SMILES string of the molecule is COc1cccc(NS(=O)(=O)c2c(C)nn([C@@H]3CCS(=O)(=O)C3)c2C)c1. The molecule has 1 aromatic carbocycles. The molecule has 0 amide bonds. The summed E-state index contributed by atoms with van der Waals surface area (Å²) in [4.78, 5) is 0.0737. The number of nitrogens with one attached hydrogen (secondary N) is 1. The molecule has 3 rings (SSSR count). The van der Waals surface area contributed by atoms with Crippen molar-refractivity contribution >= 4 is 25.5 Å². The van der Waals surface area contributed by atoms with Crippen molar-refractivity contribution < 1.29 is 21.6 Å². The number of ether oxygens (including phenoxy) is 1. The smallest absolute Gasteiger partial charge is 0.265 e. The zero-order valence-electron chi connectivity index (χ0n) is 14.8. The molecule has 0 radical (unpaired) electrons. The van der Waals surface area contributed by atoms with Crippen molar-refractivity contribution in [2.45, 2.75) is 31.2 Å². The highest BCUT2D eigenvalue weighted by Gasteiger charge is 2.33. The van der Waals surface area contributed by atoms with Crippen LogP contribution < -0.4 is 9.46 Å². The Morgan fingerprint density at radius 2 is 2.04 bits per heavy atom. The number of sulfonamides is 1. The number of anilines is 1. The average Bonchev–Trinajstić information content (AvgIpc) is 3.06. The van der Waals surface area contributed by atoms with Gasteiger partial charge in [0.05, 0.1) is 41.7 Å². The van der Waals surface area contributed by atoms with Gasteiger partial charge in [0.15, 0.2) is 9.84 Å². The molecule has 1 fully saturated rings. The third kappa shape index (κ3) is 3.56. The van der Waals surface area contributed by atoms with E-state index in [1.807, 2.05) is 0 Å². The van der Waals surface area contributed by atoms with Gasteiger partial charge in [-0.05, 0) is 32.4 Å². The third-order valence-corrected chi connectivity index (χ3v) is 7.79. The number of benzene rings is 1. The number of hydrogen-bond acceptors (Lipinski definition) is 6. The first-order chi connectivity index (χ1) is 12.1. The molecule has 1 aromatic heterocycles. The molecule has 10 heteroatoms. The summed E-state index contributed by atoms with van der Waals surface area (Å²) in [6, 6.07) is 6.27. The summed E-state index contributed by atoms with van der Waals surface area (Å²) in [5.74, 6) is 0.614. The predicted molar refractivity (Wildman–Crippen MR) is 97.8 cm³/mol. The molecule has 26 heavy (non-hydrogen) atoms. The van der Waals surface area contributed by atoms with Crippen LogP contribution in [0.4, 0.5) is 5.69 Å². The largest absolute Gasteiger partial charge is 0.497 e. The number of hydrogen-bond donors (Lipinski definition) is 1. The predicted octanol–water partition coefficient (Wildman–Crippen LogP) is 1.67. The lowest BCUT2D eigenvalue weighted by atomic mass is 10.2. The molecule has 1 atom stereocenters. The third-order valence-electron chi connectivity index (χ3n) is 4.40. The van der Waals surface area contributed by atoms with Crippen molar-refractivity contribution in [3.8, 4) is 5.75 Å². The molecule has 1 aliphatic rings. The zero-order valence-corrected chi connectivity index (χ0v) is 16.4. The van der Waals surface area contributed by atoms with Gasteiger partial charge in [-0.1, -0.05) is 6.07 Å². The van der Waals surface area contributed by atoms with E-state index in [0.29, 0.717) is 29.2 Å². The van der Waals surface area contributed by atoms with Crippen LogP contribution in [0.1, 0.15) is 23.9 Å². The molecule has 8 nitrogen and oxygen atoms in total. The number of rotatable bonds is 5. The Morgan fingerprint density at radius 3 is 2.65 bits per heavy atom. The van der Waals surface area contributed by atoms with Gasteiger partial charge in [-0.15, -0.1) is 0 Å². The van der Waals surface area contributed by atoms with Gasteiger partial charge in [0.1, 0.15) is 10.6 Å². The molecule has 142 valence electrons. The van der Waals surface area contributed by atoms with Gasteiger partial charge in [0.2, 0.25) is 0 Å². The van der Waals surface area contributed by atoms with E-state index in [1.54, 1.807) is 38.1 Å². The average molecular weight is 399 g/mol. The number of aryl methyl sites for hydroxylation is 1. The second kappa shape index (κ2) is 6.58. The molecule has 0 spiro atoms. The summed E-state index contributed by atoms with van der Waals surface area (Å²) in [6.45, 7) is 3.25. The Morgan fingerprint density at radius 1 is 1.31 bits per heavy atom. The number of methoxy groups -OCH3 is 1. The fourth-order valence-electron chi connectivity index (χ4n) is 3.25. The van der Waals surface area contributed by atoms with Crippen LogP contribution in [0.2, 0.25) is 0 Å². The summed E-state index contributed by atoms with van der Waals surface area (Å²) < 4.78 is 58.4. The molecular formula is C16H21N3O5S2. The summed E-state index contributed by atoms with van der Waals surface area (Å²) in [5, 5.41) is 4.31. The molecule has 0 saturated carbocycles. The maximum atomic E-state index is 12.9. The molecular weight excluding hydrogens is 378 g/mol. The first kappa shape index (κ1) is 18.7. The Labute approximate surface area is 153 Å². The van der Waals surface area contributed by atoms with Crippen LogP contribution in [-0.4, -0.2) is 45.2 Å². The topological polar surface area (TPSA) is 107 Å². The van der Waals surface area contributed by atoms with Gasteiger partial charge in [0.25, 0.3) is 10.0 Å². The van der Waals surface area contributed by atoms with Crippen LogP contribution in [0, 0.1) is 13.8 Å². The summed E-state index contributed by atoms with van der Waals surface area (Å²) in [5.41, 5.74) is 1.14. The van der Waals surface area contributed by atoms with Crippen LogP contribution in [0.25, 0.3) is 0 Å². The number of nitrogens with zero attached hydrogens (tertiary/aromatic N) is 2. The van der Waals surface area contributed by atoms with Crippen LogP contribution >= 0.6 is 0 Å². The van der Waals surface area contributed by atoms with Gasteiger partial charge >= 0.3 is 0 Å². The minimum atomic E-state index is -3.88. The minimum absolute atomic E-state index is 0.0161. The summed E-state index contributed by atoms with van der Waals surface area (Å²) in [6.07, 6.45) is 0.438. The summed E-state index contributed by atoms with van der Waals surface area (Å²) >= 11 is 0. The molecule has 2 heterocycles. The maximum absolute atomic E-state index is 12.9. The van der Waals surface area contributed by atoms with Crippen LogP contribution in [0.3, 0.4) is 0 Å². The van der Waals surface area contributed by atoms with Crippen molar-refractivity contribution in [2.24, 2.45) is 0 Å². The van der Waals surface area contributed by atoms with Crippen LogP contribution in [-0.2, 0) is 19.9 Å². The van der Waals surface area contributed by atoms with Crippen molar-refractivity contribution in [1.29, 1.82) is 0 Å². The molecule has 0 aliphatic carbocycles. The maximum Gasteiger partial charge on any atom is 0.265 e. The second-order valence-corrected chi connectivity index (χ2v) is 10.2. The van der Waals surface area contributed by atoms with E-state index in [9.17, 15) is 16.8 Å². The fraction of sp³-hybridized carbons (Fsp3) is 0.438. The van der Waals surface area contributed by atoms with Crippen molar-refractivity contribution in [1.82, 2.24) is 9.78 Å². The molecule has 2 aromatic rings. The highest BCUT2D eigenvalue weighted by Crippen LogP contribution is 2.30. The number of aromatic nitrogens is 2. The minimum Gasteiger partial charge on any atom is -0.497 e. The lowest BCUT2D eigenvalue weighted by Crippen LogP contribution is -2.17. The van der Waals surface area contributed by atoms with E-state index in [-0.39, 0.29) is 22.4 Å². The van der Waals surface area contributed by atoms with E-state index in [4.69, 9.17) is 4.74 Å². The van der Waals surface area contributed by atoms with Gasteiger partial charge in [-0.2, -0.15) is 5.10 Å². The van der Waals surface area contributed by atoms with Crippen molar-refractivity contribution in [3.05, 3.63) is 35.7 Å². The van der Waals surface area contributed by atoms with Gasteiger partial charge in [-0.3, -0.25) is 9.40 Å². The Kier molecular flexibility index (Phi) is 4.74. The first-order valence-corrected chi connectivity index (χ1v) is 11.4. The summed E-state index contributed by atoms with van der Waals surface area (Å²) in [7, 11) is -5.47. The van der Waals surface area contributed by atoms with E-state index in [0.717, 1.165) is 0 Å². The van der Waals surface area contributed by atoms with Crippen LogP contribution in [0.15, 0.2) is 29.2 Å². The van der Waals surface area contributed by atoms with E-state index in [2.05, 4.69) is 9.82 Å². The Bertz CT molecular complexity index is 1040. The van der Waals surface area contributed by atoms with E-state index in [1.165, 1.54) is 11.8 Å². The highest BCUT2D eigenvalue weighted by molar-refractivity contribution is 7.92. The van der Waals surface area contributed by atoms with Crippen molar-refractivity contribution in [3.63, 3.8) is 0 Å². The normalized spacial score (nSPS) is 19.4. The first-order valence-electron chi connectivity index (χ1n) is 8.06. The molecule has 0 unspecified atom stereocenters. The monoisotopic (exact) mass is 399 g/mol. The fourth-order valence-corrected chi connectivity index (χ4v) is 6.40. The lowest BCUT2D eigenvalue weighted by molar-refractivity contribution is 0.415.